The Hall–Kier alpha value is -0.120. The summed E-state index contributed by atoms with van der Waals surface area (Å²) >= 11 is 0. The maximum absolute atomic E-state index is 5.54. The molecule has 1 fully saturated rings. The van der Waals surface area contributed by atoms with Gasteiger partial charge >= 0.3 is 0 Å². The van der Waals surface area contributed by atoms with Crippen molar-refractivity contribution < 1.29 is 9.47 Å². The minimum atomic E-state index is 0.712. The standard InChI is InChI=1S/C15H31NO2/c1-3-10-16-15-9-5-4-7-14(15)8-6-11-18-13-12-17-2/h14-16H,3-13H2,1-2H3. The van der Waals surface area contributed by atoms with E-state index in [2.05, 4.69) is 12.2 Å². The lowest BCUT2D eigenvalue weighted by Gasteiger charge is -2.32. The lowest BCUT2D eigenvalue weighted by Crippen LogP contribution is -2.39. The molecule has 3 heteroatoms. The van der Waals surface area contributed by atoms with E-state index in [1.54, 1.807) is 7.11 Å². The van der Waals surface area contributed by atoms with Crippen LogP contribution in [0.15, 0.2) is 0 Å². The first-order valence-electron chi connectivity index (χ1n) is 7.68. The van der Waals surface area contributed by atoms with Gasteiger partial charge in [0, 0.05) is 19.8 Å². The van der Waals surface area contributed by atoms with Gasteiger partial charge in [0.1, 0.15) is 0 Å². The summed E-state index contributed by atoms with van der Waals surface area (Å²) in [6.07, 6.45) is 9.34. The number of hydrogen-bond donors (Lipinski definition) is 1. The molecule has 0 aromatic carbocycles. The second-order valence-electron chi connectivity index (χ2n) is 5.35. The number of methoxy groups -OCH3 is 1. The summed E-state index contributed by atoms with van der Waals surface area (Å²) in [5, 5.41) is 3.72. The predicted molar refractivity (Wildman–Crippen MR) is 76.0 cm³/mol. The van der Waals surface area contributed by atoms with Crippen LogP contribution in [-0.2, 0) is 9.47 Å². The van der Waals surface area contributed by atoms with Crippen molar-refractivity contribution in [3.8, 4) is 0 Å². The molecule has 0 amide bonds. The maximum Gasteiger partial charge on any atom is 0.0700 e. The van der Waals surface area contributed by atoms with Crippen molar-refractivity contribution in [2.45, 2.75) is 57.9 Å². The van der Waals surface area contributed by atoms with Crippen molar-refractivity contribution in [2.24, 2.45) is 5.92 Å². The molecule has 0 heterocycles. The van der Waals surface area contributed by atoms with Crippen LogP contribution < -0.4 is 5.32 Å². The normalized spacial score (nSPS) is 24.3. The van der Waals surface area contributed by atoms with E-state index in [-0.39, 0.29) is 0 Å². The molecule has 0 aromatic heterocycles. The molecular formula is C15H31NO2. The Kier molecular flexibility index (Phi) is 9.54. The Morgan fingerprint density at radius 3 is 2.72 bits per heavy atom. The van der Waals surface area contributed by atoms with Crippen molar-refractivity contribution in [1.29, 1.82) is 0 Å². The van der Waals surface area contributed by atoms with Gasteiger partial charge in [-0.2, -0.15) is 0 Å². The minimum absolute atomic E-state index is 0.712. The lowest BCUT2D eigenvalue weighted by molar-refractivity contribution is 0.0654. The van der Waals surface area contributed by atoms with E-state index >= 15 is 0 Å². The molecular weight excluding hydrogens is 226 g/mol. The van der Waals surface area contributed by atoms with Gasteiger partial charge in [0.25, 0.3) is 0 Å². The molecule has 0 aliphatic heterocycles. The van der Waals surface area contributed by atoms with Crippen molar-refractivity contribution in [1.82, 2.24) is 5.32 Å². The molecule has 0 spiro atoms. The number of ether oxygens (including phenoxy) is 2. The third-order valence-corrected chi connectivity index (χ3v) is 3.86. The first-order chi connectivity index (χ1) is 8.88. The number of hydrogen-bond acceptors (Lipinski definition) is 3. The predicted octanol–water partition coefficient (Wildman–Crippen LogP) is 2.99. The zero-order valence-corrected chi connectivity index (χ0v) is 12.2. The molecule has 1 aliphatic rings. The average Bonchev–Trinajstić information content (AvgIpc) is 2.41. The second-order valence-corrected chi connectivity index (χ2v) is 5.35. The van der Waals surface area contributed by atoms with E-state index in [9.17, 15) is 0 Å². The highest BCUT2D eigenvalue weighted by Crippen LogP contribution is 2.28. The smallest absolute Gasteiger partial charge is 0.0700 e. The lowest BCUT2D eigenvalue weighted by atomic mass is 9.81. The van der Waals surface area contributed by atoms with Crippen LogP contribution in [0.1, 0.15) is 51.9 Å². The van der Waals surface area contributed by atoms with E-state index < -0.39 is 0 Å². The molecule has 18 heavy (non-hydrogen) atoms. The molecule has 0 bridgehead atoms. The molecule has 1 rings (SSSR count). The SMILES string of the molecule is CCCNC1CCCCC1CCCOCCOC. The van der Waals surface area contributed by atoms with Crippen LogP contribution in [-0.4, -0.2) is 39.5 Å². The van der Waals surface area contributed by atoms with Gasteiger partial charge in [-0.15, -0.1) is 0 Å². The van der Waals surface area contributed by atoms with Crippen LogP contribution >= 0.6 is 0 Å². The fourth-order valence-corrected chi connectivity index (χ4v) is 2.84. The first-order valence-corrected chi connectivity index (χ1v) is 7.68. The summed E-state index contributed by atoms with van der Waals surface area (Å²) in [6, 6.07) is 0.762. The van der Waals surface area contributed by atoms with Gasteiger partial charge in [0.15, 0.2) is 0 Å². The van der Waals surface area contributed by atoms with Crippen molar-refractivity contribution in [3.63, 3.8) is 0 Å². The zero-order chi connectivity index (χ0) is 13.1. The Balaban J connectivity index is 2.09. The van der Waals surface area contributed by atoms with Gasteiger partial charge in [-0.3, -0.25) is 0 Å². The molecule has 108 valence electrons. The quantitative estimate of drug-likeness (QED) is 0.610. The van der Waals surface area contributed by atoms with Crippen molar-refractivity contribution in [2.75, 3.05) is 33.5 Å². The topological polar surface area (TPSA) is 30.5 Å². The third-order valence-electron chi connectivity index (χ3n) is 3.86. The largest absolute Gasteiger partial charge is 0.382 e. The fraction of sp³-hybridized carbons (Fsp3) is 1.00. The van der Waals surface area contributed by atoms with Crippen LogP contribution in [0.2, 0.25) is 0 Å². The Bertz CT molecular complexity index is 187. The molecule has 2 unspecified atom stereocenters. The Morgan fingerprint density at radius 1 is 1.11 bits per heavy atom. The molecule has 0 radical (unpaired) electrons. The molecule has 0 aromatic rings. The average molecular weight is 257 g/mol. The maximum atomic E-state index is 5.54. The van der Waals surface area contributed by atoms with Gasteiger partial charge in [-0.05, 0) is 44.6 Å². The molecule has 1 saturated carbocycles. The summed E-state index contributed by atoms with van der Waals surface area (Å²) in [7, 11) is 1.72. The summed E-state index contributed by atoms with van der Waals surface area (Å²) < 4.78 is 10.5. The monoisotopic (exact) mass is 257 g/mol. The van der Waals surface area contributed by atoms with Crippen molar-refractivity contribution >= 4 is 0 Å². The molecule has 0 saturated heterocycles. The van der Waals surface area contributed by atoms with Crippen LogP contribution in [0, 0.1) is 5.92 Å². The van der Waals surface area contributed by atoms with Gasteiger partial charge < -0.3 is 14.8 Å². The van der Waals surface area contributed by atoms with Gasteiger partial charge in [0.05, 0.1) is 13.2 Å². The highest BCUT2D eigenvalue weighted by molar-refractivity contribution is 4.80. The van der Waals surface area contributed by atoms with Crippen LogP contribution in [0.4, 0.5) is 0 Å². The highest BCUT2D eigenvalue weighted by atomic mass is 16.5. The molecule has 1 aliphatic carbocycles. The first kappa shape index (κ1) is 15.9. The second kappa shape index (κ2) is 10.8. The number of rotatable bonds is 10. The van der Waals surface area contributed by atoms with Crippen LogP contribution in [0.5, 0.6) is 0 Å². The van der Waals surface area contributed by atoms with Crippen LogP contribution in [0.3, 0.4) is 0 Å². The van der Waals surface area contributed by atoms with E-state index in [1.807, 2.05) is 0 Å². The summed E-state index contributed by atoms with van der Waals surface area (Å²) in [4.78, 5) is 0. The summed E-state index contributed by atoms with van der Waals surface area (Å²) in [5.74, 6) is 0.872. The third kappa shape index (κ3) is 6.72. The fourth-order valence-electron chi connectivity index (χ4n) is 2.84. The minimum Gasteiger partial charge on any atom is -0.382 e. The number of nitrogens with one attached hydrogen (secondary N) is 1. The van der Waals surface area contributed by atoms with E-state index in [1.165, 1.54) is 51.5 Å². The molecule has 1 N–H and O–H groups in total. The molecule has 3 nitrogen and oxygen atoms in total. The highest BCUT2D eigenvalue weighted by Gasteiger charge is 2.23. The van der Waals surface area contributed by atoms with Crippen molar-refractivity contribution in [3.05, 3.63) is 0 Å². The summed E-state index contributed by atoms with van der Waals surface area (Å²) in [6.45, 7) is 5.75. The zero-order valence-electron chi connectivity index (χ0n) is 12.2. The summed E-state index contributed by atoms with van der Waals surface area (Å²) in [5.41, 5.74) is 0. The molecule has 2 atom stereocenters. The Morgan fingerprint density at radius 2 is 1.94 bits per heavy atom. The van der Waals surface area contributed by atoms with Gasteiger partial charge in [-0.1, -0.05) is 19.8 Å². The van der Waals surface area contributed by atoms with E-state index in [0.717, 1.165) is 25.2 Å². The van der Waals surface area contributed by atoms with Gasteiger partial charge in [0.2, 0.25) is 0 Å². The Labute approximate surface area is 113 Å². The van der Waals surface area contributed by atoms with E-state index in [0.29, 0.717) is 6.61 Å². The van der Waals surface area contributed by atoms with Crippen LogP contribution in [0.25, 0.3) is 0 Å². The van der Waals surface area contributed by atoms with Gasteiger partial charge in [-0.25, -0.2) is 0 Å². The van der Waals surface area contributed by atoms with E-state index in [4.69, 9.17) is 9.47 Å².